The van der Waals surface area contributed by atoms with Gasteiger partial charge in [-0.15, -0.1) is 0 Å². The van der Waals surface area contributed by atoms with E-state index in [2.05, 4.69) is 9.97 Å². The van der Waals surface area contributed by atoms with E-state index in [0.717, 1.165) is 0 Å². The fourth-order valence-corrected chi connectivity index (χ4v) is 2.98. The summed E-state index contributed by atoms with van der Waals surface area (Å²) in [6, 6.07) is 0. The quantitative estimate of drug-likeness (QED) is 0.647. The molecule has 0 N–H and O–H groups in total. The molecule has 1 aliphatic rings. The molecule has 0 amide bonds. The summed E-state index contributed by atoms with van der Waals surface area (Å²) in [6.45, 7) is 0. The SMILES string of the molecule is COc1nc(C=O)nc2c1CS(=O)(=O)C2. The number of hydrogen-bond donors (Lipinski definition) is 0. The van der Waals surface area contributed by atoms with E-state index in [1.807, 2.05) is 0 Å². The molecule has 2 rings (SSSR count). The average Bonchev–Trinajstić information content (AvgIpc) is 2.50. The minimum atomic E-state index is -3.16. The molecule has 0 spiro atoms. The van der Waals surface area contributed by atoms with Gasteiger partial charge in [-0.2, -0.15) is 4.98 Å². The van der Waals surface area contributed by atoms with E-state index in [-0.39, 0.29) is 23.2 Å². The van der Waals surface area contributed by atoms with Gasteiger partial charge in [0.1, 0.15) is 0 Å². The summed E-state index contributed by atoms with van der Waals surface area (Å²) in [5.41, 5.74) is 0.826. The molecule has 0 atom stereocenters. The maximum Gasteiger partial charge on any atom is 0.221 e. The van der Waals surface area contributed by atoms with Gasteiger partial charge >= 0.3 is 0 Å². The number of hydrogen-bond acceptors (Lipinski definition) is 6. The van der Waals surface area contributed by atoms with Gasteiger partial charge in [0.15, 0.2) is 21.9 Å². The average molecular weight is 228 g/mol. The van der Waals surface area contributed by atoms with Crippen LogP contribution >= 0.6 is 0 Å². The predicted molar refractivity (Wildman–Crippen MR) is 50.3 cm³/mol. The number of aromatic nitrogens is 2. The predicted octanol–water partition coefficient (Wildman–Crippen LogP) is -0.274. The van der Waals surface area contributed by atoms with E-state index in [1.165, 1.54) is 7.11 Å². The minimum absolute atomic E-state index is 0.0531. The van der Waals surface area contributed by atoms with Crippen LogP contribution in [0.2, 0.25) is 0 Å². The van der Waals surface area contributed by atoms with Crippen LogP contribution in [-0.4, -0.2) is 31.8 Å². The first-order valence-corrected chi connectivity index (χ1v) is 5.97. The third-order valence-electron chi connectivity index (χ3n) is 2.09. The van der Waals surface area contributed by atoms with Crippen LogP contribution in [0.5, 0.6) is 5.88 Å². The summed E-state index contributed by atoms with van der Waals surface area (Å²) < 4.78 is 27.6. The Labute approximate surface area is 86.2 Å². The van der Waals surface area contributed by atoms with Crippen molar-refractivity contribution in [3.63, 3.8) is 0 Å². The molecule has 0 saturated carbocycles. The highest BCUT2D eigenvalue weighted by Gasteiger charge is 2.30. The Balaban J connectivity index is 2.62. The molecular formula is C8H8N2O4S. The molecule has 0 aromatic carbocycles. The number of methoxy groups -OCH3 is 1. The van der Waals surface area contributed by atoms with Crippen molar-refractivity contribution < 1.29 is 17.9 Å². The van der Waals surface area contributed by atoms with Crippen LogP contribution in [0.1, 0.15) is 21.9 Å². The molecule has 1 aromatic heterocycles. The number of ether oxygens (including phenoxy) is 1. The van der Waals surface area contributed by atoms with E-state index >= 15 is 0 Å². The second-order valence-electron chi connectivity index (χ2n) is 3.17. The Morgan fingerprint density at radius 1 is 1.33 bits per heavy atom. The fourth-order valence-electron chi connectivity index (χ4n) is 1.49. The van der Waals surface area contributed by atoms with E-state index in [1.54, 1.807) is 0 Å². The summed E-state index contributed by atoms with van der Waals surface area (Å²) in [5, 5.41) is 0. The summed E-state index contributed by atoms with van der Waals surface area (Å²) >= 11 is 0. The van der Waals surface area contributed by atoms with E-state index < -0.39 is 9.84 Å². The first-order valence-electron chi connectivity index (χ1n) is 4.15. The molecule has 0 bridgehead atoms. The number of carbonyl (C=O) groups excluding carboxylic acids is 1. The highest BCUT2D eigenvalue weighted by atomic mass is 32.2. The molecule has 0 radical (unpaired) electrons. The van der Waals surface area contributed by atoms with Crippen molar-refractivity contribution in [2.24, 2.45) is 0 Å². The molecule has 1 aromatic rings. The topological polar surface area (TPSA) is 86.2 Å². The molecule has 6 nitrogen and oxygen atoms in total. The van der Waals surface area contributed by atoms with Gasteiger partial charge in [0.25, 0.3) is 0 Å². The highest BCUT2D eigenvalue weighted by Crippen LogP contribution is 2.29. The van der Waals surface area contributed by atoms with Crippen molar-refractivity contribution in [3.05, 3.63) is 17.1 Å². The Morgan fingerprint density at radius 2 is 2.07 bits per heavy atom. The number of aldehydes is 1. The van der Waals surface area contributed by atoms with Crippen LogP contribution in [0.4, 0.5) is 0 Å². The second kappa shape index (κ2) is 3.27. The Hall–Kier alpha value is -1.50. The Bertz CT molecular complexity index is 524. The fraction of sp³-hybridized carbons (Fsp3) is 0.375. The lowest BCUT2D eigenvalue weighted by Crippen LogP contribution is -2.02. The number of carbonyl (C=O) groups is 1. The van der Waals surface area contributed by atoms with Gasteiger partial charge in [-0.05, 0) is 0 Å². The van der Waals surface area contributed by atoms with E-state index in [4.69, 9.17) is 4.74 Å². The van der Waals surface area contributed by atoms with Gasteiger partial charge in [-0.25, -0.2) is 13.4 Å². The van der Waals surface area contributed by atoms with E-state index in [0.29, 0.717) is 17.5 Å². The standard InChI is InChI=1S/C8H8N2O4S/c1-14-8-5-3-15(12,13)4-6(5)9-7(2-11)10-8/h2H,3-4H2,1H3. The Morgan fingerprint density at radius 3 is 2.67 bits per heavy atom. The molecule has 0 unspecified atom stereocenters. The molecule has 2 heterocycles. The molecule has 0 saturated heterocycles. The Kier molecular flexibility index (Phi) is 2.18. The smallest absolute Gasteiger partial charge is 0.221 e. The van der Waals surface area contributed by atoms with Crippen LogP contribution in [-0.2, 0) is 21.3 Å². The monoisotopic (exact) mass is 228 g/mol. The zero-order valence-electron chi connectivity index (χ0n) is 7.93. The maximum absolute atomic E-state index is 11.3. The molecule has 7 heteroatoms. The number of fused-ring (bicyclic) bond motifs is 1. The van der Waals surface area contributed by atoms with Crippen LogP contribution in [0.25, 0.3) is 0 Å². The molecule has 0 fully saturated rings. The molecular weight excluding hydrogens is 220 g/mol. The number of nitrogens with zero attached hydrogens (tertiary/aromatic N) is 2. The summed E-state index contributed by atoms with van der Waals surface area (Å²) in [4.78, 5) is 18.1. The minimum Gasteiger partial charge on any atom is -0.481 e. The van der Waals surface area contributed by atoms with Crippen molar-refractivity contribution in [3.8, 4) is 5.88 Å². The van der Waals surface area contributed by atoms with Gasteiger partial charge in [0.05, 0.1) is 29.9 Å². The molecule has 80 valence electrons. The van der Waals surface area contributed by atoms with Gasteiger partial charge in [0.2, 0.25) is 5.88 Å². The molecule has 15 heavy (non-hydrogen) atoms. The van der Waals surface area contributed by atoms with Crippen LogP contribution < -0.4 is 4.74 Å². The molecule has 1 aliphatic heterocycles. The van der Waals surface area contributed by atoms with Crippen molar-refractivity contribution in [1.82, 2.24) is 9.97 Å². The maximum atomic E-state index is 11.3. The van der Waals surface area contributed by atoms with Gasteiger partial charge in [-0.3, -0.25) is 4.79 Å². The number of sulfone groups is 1. The van der Waals surface area contributed by atoms with Gasteiger partial charge in [0, 0.05) is 0 Å². The summed E-state index contributed by atoms with van der Waals surface area (Å²) in [6.07, 6.45) is 0.466. The first kappa shape index (κ1) is 10.0. The van der Waals surface area contributed by atoms with Crippen molar-refractivity contribution in [2.75, 3.05) is 7.11 Å². The normalized spacial score (nSPS) is 17.1. The third kappa shape index (κ3) is 1.70. The molecule has 0 aliphatic carbocycles. The lowest BCUT2D eigenvalue weighted by Gasteiger charge is -2.03. The second-order valence-corrected chi connectivity index (χ2v) is 5.23. The third-order valence-corrected chi connectivity index (χ3v) is 3.53. The summed E-state index contributed by atoms with van der Waals surface area (Å²) in [7, 11) is -1.78. The zero-order chi connectivity index (χ0) is 11.1. The van der Waals surface area contributed by atoms with Crippen LogP contribution in [0, 0.1) is 0 Å². The lowest BCUT2D eigenvalue weighted by molar-refractivity contribution is 0.111. The lowest BCUT2D eigenvalue weighted by atomic mass is 10.2. The van der Waals surface area contributed by atoms with Crippen molar-refractivity contribution in [1.29, 1.82) is 0 Å². The van der Waals surface area contributed by atoms with Crippen molar-refractivity contribution in [2.45, 2.75) is 11.5 Å². The first-order chi connectivity index (χ1) is 7.05. The van der Waals surface area contributed by atoms with Crippen molar-refractivity contribution >= 4 is 16.1 Å². The number of rotatable bonds is 2. The largest absolute Gasteiger partial charge is 0.481 e. The van der Waals surface area contributed by atoms with Gasteiger partial charge < -0.3 is 4.74 Å². The van der Waals surface area contributed by atoms with Gasteiger partial charge in [-0.1, -0.05) is 0 Å². The van der Waals surface area contributed by atoms with Crippen LogP contribution in [0.15, 0.2) is 0 Å². The highest BCUT2D eigenvalue weighted by molar-refractivity contribution is 7.90. The van der Waals surface area contributed by atoms with E-state index in [9.17, 15) is 13.2 Å². The zero-order valence-corrected chi connectivity index (χ0v) is 8.74. The summed E-state index contributed by atoms with van der Waals surface area (Å²) in [5.74, 6) is -0.155. The van der Waals surface area contributed by atoms with Crippen LogP contribution in [0.3, 0.4) is 0 Å².